The van der Waals surface area contributed by atoms with Gasteiger partial charge in [0.2, 0.25) is 0 Å². The molecule has 0 bridgehead atoms. The van der Waals surface area contributed by atoms with Crippen LogP contribution in [0.4, 0.5) is 11.4 Å². The van der Waals surface area contributed by atoms with Crippen molar-refractivity contribution in [2.75, 3.05) is 9.62 Å². The molecule has 0 aliphatic carbocycles. The fourth-order valence-electron chi connectivity index (χ4n) is 3.69. The van der Waals surface area contributed by atoms with Gasteiger partial charge in [-0.2, -0.15) is 0 Å². The number of carbonyl (C=O) groups is 1. The minimum Gasteiger partial charge on any atom is -0.369 e. The number of pyridine rings is 1. The molecule has 2 heterocycles. The van der Waals surface area contributed by atoms with Gasteiger partial charge in [-0.1, -0.05) is 37.6 Å². The van der Waals surface area contributed by atoms with Crippen molar-refractivity contribution in [1.82, 2.24) is 4.98 Å². The van der Waals surface area contributed by atoms with E-state index in [1.807, 2.05) is 20.8 Å². The molecule has 166 valence electrons. The van der Waals surface area contributed by atoms with Gasteiger partial charge in [0, 0.05) is 11.8 Å². The number of rotatable bonds is 5. The Bertz CT molecular complexity index is 1310. The highest BCUT2D eigenvalue weighted by atomic mass is 35.5. The van der Waals surface area contributed by atoms with E-state index in [-0.39, 0.29) is 32.7 Å². The predicted molar refractivity (Wildman–Crippen MR) is 124 cm³/mol. The monoisotopic (exact) mass is 471 g/mol. The quantitative estimate of drug-likeness (QED) is 0.565. The first kappa shape index (κ1) is 22.3. The molecule has 32 heavy (non-hydrogen) atoms. The number of nitrogens with zero attached hydrogens (tertiary/aromatic N) is 2. The molecule has 1 aliphatic rings. The van der Waals surface area contributed by atoms with Crippen molar-refractivity contribution >= 4 is 38.9 Å². The summed E-state index contributed by atoms with van der Waals surface area (Å²) in [4.78, 5) is 18.4. The maximum Gasteiger partial charge on any atom is 0.262 e. The first-order chi connectivity index (χ1) is 15.1. The van der Waals surface area contributed by atoms with Crippen molar-refractivity contribution in [3.8, 4) is 0 Å². The number of carbonyl (C=O) groups excluding carboxylic acids is 1. The minimum absolute atomic E-state index is 0.0519. The number of hydrogen-bond donors (Lipinski definition) is 2. The van der Waals surface area contributed by atoms with Gasteiger partial charge in [-0.3, -0.25) is 19.4 Å². The van der Waals surface area contributed by atoms with Crippen LogP contribution in [0.25, 0.3) is 0 Å². The smallest absolute Gasteiger partial charge is 0.262 e. The van der Waals surface area contributed by atoms with Gasteiger partial charge in [0.05, 0.1) is 33.1 Å². The molecule has 1 unspecified atom stereocenters. The summed E-state index contributed by atoms with van der Waals surface area (Å²) in [6, 6.07) is 11.2. The van der Waals surface area contributed by atoms with E-state index in [9.17, 15) is 18.3 Å². The zero-order valence-corrected chi connectivity index (χ0v) is 19.3. The Morgan fingerprint density at radius 2 is 1.81 bits per heavy atom. The standard InChI is InChI=1S/C23H22ClN3O4S/c1-13(2)15-4-6-17(7-5-15)32(30,31)26-19-9-8-18(24)20-21(19)23(29)27(22(20)28)16-10-14(3)11-25-12-16/h4-13,23,26,29H,1-3H3. The second-order valence-corrected chi connectivity index (χ2v) is 10.1. The van der Waals surface area contributed by atoms with Crippen molar-refractivity contribution in [2.24, 2.45) is 0 Å². The van der Waals surface area contributed by atoms with E-state index in [1.54, 1.807) is 24.4 Å². The molecular weight excluding hydrogens is 450 g/mol. The van der Waals surface area contributed by atoms with Crippen LogP contribution >= 0.6 is 11.6 Å². The molecule has 1 aromatic heterocycles. The summed E-state index contributed by atoms with van der Waals surface area (Å²) in [5.41, 5.74) is 2.44. The van der Waals surface area contributed by atoms with Crippen LogP contribution < -0.4 is 9.62 Å². The maximum absolute atomic E-state index is 13.1. The summed E-state index contributed by atoms with van der Waals surface area (Å²) in [5, 5.41) is 11.1. The van der Waals surface area contributed by atoms with E-state index in [0.717, 1.165) is 16.0 Å². The van der Waals surface area contributed by atoms with E-state index < -0.39 is 22.2 Å². The van der Waals surface area contributed by atoms with Crippen LogP contribution in [0.15, 0.2) is 59.8 Å². The first-order valence-electron chi connectivity index (χ1n) is 9.98. The minimum atomic E-state index is -3.97. The molecular formula is C23H22ClN3O4S. The third kappa shape index (κ3) is 3.85. The number of amides is 1. The van der Waals surface area contributed by atoms with Crippen molar-refractivity contribution in [1.29, 1.82) is 0 Å². The highest BCUT2D eigenvalue weighted by molar-refractivity contribution is 7.92. The highest BCUT2D eigenvalue weighted by Crippen LogP contribution is 2.43. The number of fused-ring (bicyclic) bond motifs is 1. The molecule has 2 aromatic carbocycles. The first-order valence-corrected chi connectivity index (χ1v) is 11.8. The normalized spacial score (nSPS) is 15.9. The number of anilines is 2. The Kier molecular flexibility index (Phi) is 5.70. The molecule has 3 aromatic rings. The fraction of sp³-hybridized carbons (Fsp3) is 0.217. The number of hydrogen-bond acceptors (Lipinski definition) is 5. The molecule has 2 N–H and O–H groups in total. The maximum atomic E-state index is 13.1. The molecule has 0 saturated carbocycles. The number of aromatic nitrogens is 1. The van der Waals surface area contributed by atoms with E-state index >= 15 is 0 Å². The van der Waals surface area contributed by atoms with Crippen molar-refractivity contribution in [2.45, 2.75) is 37.8 Å². The zero-order chi connectivity index (χ0) is 23.2. The lowest BCUT2D eigenvalue weighted by Gasteiger charge is -2.21. The Labute approximate surface area is 191 Å². The number of benzene rings is 2. The van der Waals surface area contributed by atoms with Crippen molar-refractivity contribution in [3.63, 3.8) is 0 Å². The summed E-state index contributed by atoms with van der Waals surface area (Å²) < 4.78 is 28.5. The Morgan fingerprint density at radius 1 is 1.12 bits per heavy atom. The van der Waals surface area contributed by atoms with Crippen molar-refractivity contribution < 1.29 is 18.3 Å². The van der Waals surface area contributed by atoms with Crippen LogP contribution in [0.2, 0.25) is 5.02 Å². The molecule has 0 fully saturated rings. The van der Waals surface area contributed by atoms with Gasteiger partial charge in [0.1, 0.15) is 0 Å². The van der Waals surface area contributed by atoms with Gasteiger partial charge >= 0.3 is 0 Å². The topological polar surface area (TPSA) is 99.6 Å². The fourth-order valence-corrected chi connectivity index (χ4v) is 5.02. The number of nitrogens with one attached hydrogen (secondary N) is 1. The summed E-state index contributed by atoms with van der Waals surface area (Å²) in [6.07, 6.45) is 1.65. The Hall–Kier alpha value is -2.94. The van der Waals surface area contributed by atoms with Gasteiger partial charge < -0.3 is 5.11 Å². The Balaban J connectivity index is 1.74. The molecule has 1 aliphatic heterocycles. The molecule has 0 spiro atoms. The van der Waals surface area contributed by atoms with Crippen LogP contribution in [-0.4, -0.2) is 24.4 Å². The van der Waals surface area contributed by atoms with Crippen LogP contribution in [0.3, 0.4) is 0 Å². The van der Waals surface area contributed by atoms with Crippen LogP contribution in [0, 0.1) is 6.92 Å². The summed E-state index contributed by atoms with van der Waals surface area (Å²) in [7, 11) is -3.97. The van der Waals surface area contributed by atoms with Gasteiger partial charge in [0.25, 0.3) is 15.9 Å². The second kappa shape index (κ2) is 8.20. The average Bonchev–Trinajstić information content (AvgIpc) is 3.01. The molecule has 0 radical (unpaired) electrons. The summed E-state index contributed by atoms with van der Waals surface area (Å²) in [5.74, 6) is -0.269. The largest absolute Gasteiger partial charge is 0.369 e. The third-order valence-electron chi connectivity index (χ3n) is 5.37. The van der Waals surface area contributed by atoms with E-state index in [0.29, 0.717) is 5.69 Å². The number of aliphatic hydroxyl groups excluding tert-OH is 1. The van der Waals surface area contributed by atoms with Gasteiger partial charge in [-0.05, 0) is 54.3 Å². The molecule has 0 saturated heterocycles. The van der Waals surface area contributed by atoms with E-state index in [1.165, 1.54) is 30.5 Å². The summed E-state index contributed by atoms with van der Waals surface area (Å²) in [6.45, 7) is 5.85. The molecule has 4 rings (SSSR count). The van der Waals surface area contributed by atoms with Gasteiger partial charge in [-0.25, -0.2) is 8.42 Å². The molecule has 7 nitrogen and oxygen atoms in total. The van der Waals surface area contributed by atoms with Crippen LogP contribution in [0.5, 0.6) is 0 Å². The third-order valence-corrected chi connectivity index (χ3v) is 7.07. The number of sulfonamides is 1. The number of aryl methyl sites for hydroxylation is 1. The Morgan fingerprint density at radius 3 is 2.44 bits per heavy atom. The van der Waals surface area contributed by atoms with Crippen LogP contribution in [-0.2, 0) is 10.0 Å². The van der Waals surface area contributed by atoms with E-state index in [2.05, 4.69) is 9.71 Å². The zero-order valence-electron chi connectivity index (χ0n) is 17.7. The SMILES string of the molecule is Cc1cncc(N2C(=O)c3c(Cl)ccc(NS(=O)(=O)c4ccc(C(C)C)cc4)c3C2O)c1. The number of aliphatic hydroxyl groups is 1. The summed E-state index contributed by atoms with van der Waals surface area (Å²) >= 11 is 6.27. The molecule has 9 heteroatoms. The van der Waals surface area contributed by atoms with Crippen molar-refractivity contribution in [3.05, 3.63) is 82.1 Å². The number of halogens is 1. The second-order valence-electron chi connectivity index (χ2n) is 7.98. The highest BCUT2D eigenvalue weighted by Gasteiger charge is 2.41. The predicted octanol–water partition coefficient (Wildman–Crippen LogP) is 4.62. The van der Waals surface area contributed by atoms with E-state index in [4.69, 9.17) is 11.6 Å². The van der Waals surface area contributed by atoms with Crippen LogP contribution in [0.1, 0.15) is 53.0 Å². The van der Waals surface area contributed by atoms with Gasteiger partial charge in [-0.15, -0.1) is 0 Å². The lowest BCUT2D eigenvalue weighted by atomic mass is 10.0. The molecule has 1 amide bonds. The lowest BCUT2D eigenvalue weighted by Crippen LogP contribution is -2.28. The molecule has 1 atom stereocenters. The van der Waals surface area contributed by atoms with Gasteiger partial charge in [0.15, 0.2) is 6.23 Å². The lowest BCUT2D eigenvalue weighted by molar-refractivity contribution is 0.0935. The average molecular weight is 472 g/mol.